The summed E-state index contributed by atoms with van der Waals surface area (Å²) in [5, 5.41) is 0. The fraction of sp³-hybridized carbons (Fsp3) is 0.583. The van der Waals surface area contributed by atoms with Gasteiger partial charge in [-0.2, -0.15) is 0 Å². The van der Waals surface area contributed by atoms with Gasteiger partial charge in [0.1, 0.15) is 0 Å². The molecule has 1 aromatic heterocycles. The smallest absolute Gasteiger partial charge is 0.0312 e. The van der Waals surface area contributed by atoms with E-state index >= 15 is 0 Å². The highest BCUT2D eigenvalue weighted by Crippen LogP contribution is 2.31. The first-order valence-electron chi connectivity index (χ1n) is 5.60. The summed E-state index contributed by atoms with van der Waals surface area (Å²) in [7, 11) is 2.18. The third-order valence-corrected chi connectivity index (χ3v) is 3.40. The van der Waals surface area contributed by atoms with Gasteiger partial charge in [0.05, 0.1) is 0 Å². The van der Waals surface area contributed by atoms with Crippen LogP contribution in [-0.2, 0) is 6.54 Å². The van der Waals surface area contributed by atoms with Gasteiger partial charge in [-0.05, 0) is 44.0 Å². The number of hydrogen-bond acceptors (Lipinski definition) is 3. The topological polar surface area (TPSA) is 42.2 Å². The standard InChI is InChI=1S/C12H19N3/c1-15(12-5-4-11(12)7-13)9-10-3-2-6-14-8-10/h2-3,6,8,11-12H,4-5,7,9,13H2,1H3. The number of nitrogens with zero attached hydrogens (tertiary/aromatic N) is 2. The van der Waals surface area contributed by atoms with Gasteiger partial charge < -0.3 is 5.73 Å². The molecule has 82 valence electrons. The van der Waals surface area contributed by atoms with E-state index in [0.29, 0.717) is 12.0 Å². The largest absolute Gasteiger partial charge is 0.330 e. The van der Waals surface area contributed by atoms with Crippen LogP contribution in [0.5, 0.6) is 0 Å². The zero-order valence-corrected chi connectivity index (χ0v) is 9.26. The average molecular weight is 205 g/mol. The predicted octanol–water partition coefficient (Wildman–Crippen LogP) is 1.25. The predicted molar refractivity (Wildman–Crippen MR) is 61.3 cm³/mol. The molecule has 2 atom stereocenters. The summed E-state index contributed by atoms with van der Waals surface area (Å²) in [6, 6.07) is 4.79. The first-order chi connectivity index (χ1) is 7.31. The van der Waals surface area contributed by atoms with Crippen molar-refractivity contribution in [1.29, 1.82) is 0 Å². The highest BCUT2D eigenvalue weighted by atomic mass is 15.1. The molecular weight excluding hydrogens is 186 g/mol. The van der Waals surface area contributed by atoms with Crippen LogP contribution in [0.15, 0.2) is 24.5 Å². The molecule has 2 rings (SSSR count). The maximum absolute atomic E-state index is 5.72. The Morgan fingerprint density at radius 1 is 1.53 bits per heavy atom. The number of hydrogen-bond donors (Lipinski definition) is 1. The summed E-state index contributed by atoms with van der Waals surface area (Å²) in [6.07, 6.45) is 6.33. The van der Waals surface area contributed by atoms with Crippen molar-refractivity contribution in [3.63, 3.8) is 0 Å². The number of pyridine rings is 1. The Morgan fingerprint density at radius 2 is 2.40 bits per heavy atom. The summed E-state index contributed by atoms with van der Waals surface area (Å²) < 4.78 is 0. The second kappa shape index (κ2) is 4.73. The average Bonchev–Trinajstić information content (AvgIpc) is 2.18. The molecule has 1 aliphatic rings. The fourth-order valence-corrected chi connectivity index (χ4v) is 2.30. The fourth-order valence-electron chi connectivity index (χ4n) is 2.30. The van der Waals surface area contributed by atoms with E-state index in [9.17, 15) is 0 Å². The van der Waals surface area contributed by atoms with Crippen LogP contribution in [0, 0.1) is 5.92 Å². The van der Waals surface area contributed by atoms with Crippen LogP contribution >= 0.6 is 0 Å². The lowest BCUT2D eigenvalue weighted by Gasteiger charge is -2.42. The Morgan fingerprint density at radius 3 is 2.93 bits per heavy atom. The number of nitrogens with two attached hydrogens (primary N) is 1. The van der Waals surface area contributed by atoms with Gasteiger partial charge >= 0.3 is 0 Å². The van der Waals surface area contributed by atoms with Gasteiger partial charge in [0.25, 0.3) is 0 Å². The van der Waals surface area contributed by atoms with Crippen molar-refractivity contribution >= 4 is 0 Å². The molecule has 0 bridgehead atoms. The van der Waals surface area contributed by atoms with Crippen LogP contribution in [0.3, 0.4) is 0 Å². The minimum Gasteiger partial charge on any atom is -0.330 e. The van der Waals surface area contributed by atoms with E-state index in [2.05, 4.69) is 23.0 Å². The van der Waals surface area contributed by atoms with Gasteiger partial charge in [0, 0.05) is 25.0 Å². The maximum atomic E-state index is 5.72. The van der Waals surface area contributed by atoms with Crippen molar-refractivity contribution in [2.75, 3.05) is 13.6 Å². The summed E-state index contributed by atoms with van der Waals surface area (Å²) in [5.41, 5.74) is 7.00. The SMILES string of the molecule is CN(Cc1cccnc1)C1CCC1CN. The molecule has 2 N–H and O–H groups in total. The Hall–Kier alpha value is -0.930. The molecule has 3 heteroatoms. The van der Waals surface area contributed by atoms with E-state index in [0.717, 1.165) is 13.1 Å². The zero-order chi connectivity index (χ0) is 10.7. The molecule has 0 aliphatic heterocycles. The molecule has 1 saturated carbocycles. The van der Waals surface area contributed by atoms with Gasteiger partial charge in [0.2, 0.25) is 0 Å². The minimum atomic E-state index is 0.676. The van der Waals surface area contributed by atoms with Gasteiger partial charge in [-0.1, -0.05) is 6.07 Å². The van der Waals surface area contributed by atoms with E-state index < -0.39 is 0 Å². The van der Waals surface area contributed by atoms with Crippen molar-refractivity contribution < 1.29 is 0 Å². The second-order valence-electron chi connectivity index (χ2n) is 4.42. The molecule has 0 amide bonds. The molecule has 1 heterocycles. The monoisotopic (exact) mass is 205 g/mol. The Kier molecular flexibility index (Phi) is 3.34. The molecule has 15 heavy (non-hydrogen) atoms. The molecular formula is C12H19N3. The van der Waals surface area contributed by atoms with E-state index in [4.69, 9.17) is 5.73 Å². The molecule has 0 aromatic carbocycles. The lowest BCUT2D eigenvalue weighted by Crippen LogP contribution is -2.47. The maximum Gasteiger partial charge on any atom is 0.0312 e. The summed E-state index contributed by atoms with van der Waals surface area (Å²) in [5.74, 6) is 0.701. The highest BCUT2D eigenvalue weighted by molar-refractivity contribution is 5.08. The van der Waals surface area contributed by atoms with Gasteiger partial charge in [-0.15, -0.1) is 0 Å². The van der Waals surface area contributed by atoms with Crippen LogP contribution in [0.25, 0.3) is 0 Å². The van der Waals surface area contributed by atoms with E-state index in [1.165, 1.54) is 18.4 Å². The first-order valence-corrected chi connectivity index (χ1v) is 5.60. The lowest BCUT2D eigenvalue weighted by molar-refractivity contribution is 0.0837. The molecule has 0 spiro atoms. The minimum absolute atomic E-state index is 0.676. The summed E-state index contributed by atoms with van der Waals surface area (Å²) >= 11 is 0. The van der Waals surface area contributed by atoms with E-state index in [1.54, 1.807) is 0 Å². The quantitative estimate of drug-likeness (QED) is 0.804. The van der Waals surface area contributed by atoms with Gasteiger partial charge in [0.15, 0.2) is 0 Å². The molecule has 0 radical (unpaired) electrons. The van der Waals surface area contributed by atoms with Crippen LogP contribution in [0.1, 0.15) is 18.4 Å². The Bertz CT molecular complexity index is 297. The molecule has 2 unspecified atom stereocenters. The number of rotatable bonds is 4. The molecule has 0 saturated heterocycles. The van der Waals surface area contributed by atoms with E-state index in [-0.39, 0.29) is 0 Å². The van der Waals surface area contributed by atoms with Crippen LogP contribution in [-0.4, -0.2) is 29.5 Å². The third-order valence-electron chi connectivity index (χ3n) is 3.40. The van der Waals surface area contributed by atoms with Crippen molar-refractivity contribution in [3.05, 3.63) is 30.1 Å². The van der Waals surface area contributed by atoms with Gasteiger partial charge in [-0.25, -0.2) is 0 Å². The summed E-state index contributed by atoms with van der Waals surface area (Å²) in [4.78, 5) is 6.53. The highest BCUT2D eigenvalue weighted by Gasteiger charge is 2.32. The molecule has 3 nitrogen and oxygen atoms in total. The van der Waals surface area contributed by atoms with Crippen LogP contribution in [0.2, 0.25) is 0 Å². The normalized spacial score (nSPS) is 25.3. The van der Waals surface area contributed by atoms with Gasteiger partial charge in [-0.3, -0.25) is 9.88 Å². The second-order valence-corrected chi connectivity index (χ2v) is 4.42. The molecule has 1 fully saturated rings. The Labute approximate surface area is 91.3 Å². The lowest BCUT2D eigenvalue weighted by atomic mass is 9.78. The molecule has 1 aromatic rings. The van der Waals surface area contributed by atoms with Crippen LogP contribution < -0.4 is 5.73 Å². The van der Waals surface area contributed by atoms with Crippen molar-refractivity contribution in [3.8, 4) is 0 Å². The molecule has 1 aliphatic carbocycles. The van der Waals surface area contributed by atoms with Crippen molar-refractivity contribution in [1.82, 2.24) is 9.88 Å². The van der Waals surface area contributed by atoms with E-state index in [1.807, 2.05) is 18.5 Å². The summed E-state index contributed by atoms with van der Waals surface area (Å²) in [6.45, 7) is 1.80. The zero-order valence-electron chi connectivity index (χ0n) is 9.26. The number of aromatic nitrogens is 1. The van der Waals surface area contributed by atoms with Crippen molar-refractivity contribution in [2.45, 2.75) is 25.4 Å². The first kappa shape index (κ1) is 10.6. The third kappa shape index (κ3) is 2.36. The Balaban J connectivity index is 1.90. The van der Waals surface area contributed by atoms with Crippen LogP contribution in [0.4, 0.5) is 0 Å². The van der Waals surface area contributed by atoms with Crippen molar-refractivity contribution in [2.24, 2.45) is 11.7 Å².